The van der Waals surface area contributed by atoms with Gasteiger partial charge < -0.3 is 9.73 Å². The normalized spacial score (nSPS) is 11.2. The molecule has 0 aliphatic carbocycles. The van der Waals surface area contributed by atoms with Gasteiger partial charge in [-0.05, 0) is 54.4 Å². The van der Waals surface area contributed by atoms with E-state index < -0.39 is 0 Å². The van der Waals surface area contributed by atoms with Gasteiger partial charge in [0.05, 0.1) is 11.2 Å². The molecule has 5 aromatic heterocycles. The fraction of sp³-hybridized carbons (Fsp3) is 0.0606. The zero-order chi connectivity index (χ0) is 27.8. The molecule has 198 valence electrons. The topological polar surface area (TPSA) is 98.2 Å². The van der Waals surface area contributed by atoms with Gasteiger partial charge in [0.2, 0.25) is 0 Å². The maximum Gasteiger partial charge on any atom is 0.287 e. The molecule has 2 aromatic carbocycles. The first kappa shape index (κ1) is 24.4. The maximum absolute atomic E-state index is 12.7. The van der Waals surface area contributed by atoms with Gasteiger partial charge in [0, 0.05) is 47.2 Å². The van der Waals surface area contributed by atoms with Crippen molar-refractivity contribution in [2.75, 3.05) is 0 Å². The van der Waals surface area contributed by atoms with Crippen LogP contribution in [0.2, 0.25) is 0 Å². The molecule has 7 rings (SSSR count). The molecule has 5 heterocycles. The number of aryl methyl sites for hydroxylation is 1. The number of hydrogen-bond acceptors (Lipinski definition) is 6. The van der Waals surface area contributed by atoms with E-state index in [0.717, 1.165) is 55.9 Å². The molecule has 7 aromatic rings. The molecule has 0 radical (unpaired) electrons. The lowest BCUT2D eigenvalue weighted by molar-refractivity contribution is 0.0924. The van der Waals surface area contributed by atoms with Crippen molar-refractivity contribution in [3.63, 3.8) is 0 Å². The molecule has 1 N–H and O–H groups in total. The Kier molecular flexibility index (Phi) is 6.05. The first-order chi connectivity index (χ1) is 20.1. The Labute approximate surface area is 235 Å². The molecule has 0 aliphatic heterocycles. The van der Waals surface area contributed by atoms with E-state index in [1.807, 2.05) is 78.2 Å². The standard InChI is InChI=1S/C33H24N6O2/c1-21-37-38-32-27-19-26(23-5-3-2-4-6-23)31(36-28(27)15-18-39(21)32)25-9-7-22(8-10-25)20-35-33(40)30-12-11-29(41-30)24-13-16-34-17-14-24/h2-19H,20H2,1H3,(H,35,40). The number of pyridine rings is 3. The third kappa shape index (κ3) is 4.61. The van der Waals surface area contributed by atoms with E-state index >= 15 is 0 Å². The SMILES string of the molecule is Cc1nnc2c3cc(-c4ccccc4)c(-c4ccc(CNC(=O)c5ccc(-c6ccncc6)o5)cc4)nc3ccn12. The average molecular weight is 537 g/mol. The molecule has 0 spiro atoms. The molecule has 0 atom stereocenters. The average Bonchev–Trinajstić information content (AvgIpc) is 3.68. The number of aromatic nitrogens is 5. The third-order valence-corrected chi connectivity index (χ3v) is 7.10. The Morgan fingerprint density at radius 3 is 2.46 bits per heavy atom. The van der Waals surface area contributed by atoms with Crippen molar-refractivity contribution in [2.24, 2.45) is 0 Å². The summed E-state index contributed by atoms with van der Waals surface area (Å²) in [5.74, 6) is 1.44. The van der Waals surface area contributed by atoms with Crippen molar-refractivity contribution in [1.29, 1.82) is 0 Å². The minimum Gasteiger partial charge on any atom is -0.451 e. The van der Waals surface area contributed by atoms with Crippen molar-refractivity contribution in [2.45, 2.75) is 13.5 Å². The van der Waals surface area contributed by atoms with Crippen LogP contribution in [-0.2, 0) is 6.54 Å². The van der Waals surface area contributed by atoms with Gasteiger partial charge in [0.15, 0.2) is 11.4 Å². The van der Waals surface area contributed by atoms with Gasteiger partial charge in [0.25, 0.3) is 5.91 Å². The summed E-state index contributed by atoms with van der Waals surface area (Å²) < 4.78 is 7.73. The summed E-state index contributed by atoms with van der Waals surface area (Å²) in [5.41, 5.74) is 7.39. The number of carbonyl (C=O) groups excluding carboxylic acids is 1. The summed E-state index contributed by atoms with van der Waals surface area (Å²) >= 11 is 0. The lowest BCUT2D eigenvalue weighted by Gasteiger charge is -2.13. The molecule has 8 heteroatoms. The van der Waals surface area contributed by atoms with Gasteiger partial charge in [-0.15, -0.1) is 10.2 Å². The summed E-state index contributed by atoms with van der Waals surface area (Å²) in [6.07, 6.45) is 5.33. The van der Waals surface area contributed by atoms with Crippen LogP contribution in [0.25, 0.3) is 50.3 Å². The fourth-order valence-electron chi connectivity index (χ4n) is 4.95. The highest BCUT2D eigenvalue weighted by molar-refractivity contribution is 5.98. The molecule has 0 aliphatic rings. The predicted molar refractivity (Wildman–Crippen MR) is 157 cm³/mol. The van der Waals surface area contributed by atoms with Crippen LogP contribution in [0, 0.1) is 6.92 Å². The number of nitrogens with one attached hydrogen (secondary N) is 1. The summed E-state index contributed by atoms with van der Waals surface area (Å²) in [6.45, 7) is 2.30. The van der Waals surface area contributed by atoms with Crippen LogP contribution in [0.1, 0.15) is 21.9 Å². The second-order valence-corrected chi connectivity index (χ2v) is 9.72. The number of nitrogens with zero attached hydrogens (tertiary/aromatic N) is 5. The van der Waals surface area contributed by atoms with Gasteiger partial charge in [-0.1, -0.05) is 54.6 Å². The summed E-state index contributed by atoms with van der Waals surface area (Å²) in [7, 11) is 0. The Morgan fingerprint density at radius 1 is 0.854 bits per heavy atom. The van der Waals surface area contributed by atoms with Crippen molar-refractivity contribution >= 4 is 22.5 Å². The van der Waals surface area contributed by atoms with Gasteiger partial charge in [-0.2, -0.15) is 0 Å². The molecule has 0 bridgehead atoms. The summed E-state index contributed by atoms with van der Waals surface area (Å²) in [4.78, 5) is 21.8. The minimum absolute atomic E-state index is 0.262. The second kappa shape index (κ2) is 10.2. The largest absolute Gasteiger partial charge is 0.451 e. The van der Waals surface area contributed by atoms with Crippen LogP contribution in [0.3, 0.4) is 0 Å². The van der Waals surface area contributed by atoms with Gasteiger partial charge in [0.1, 0.15) is 11.6 Å². The van der Waals surface area contributed by atoms with Crippen LogP contribution in [0.15, 0.2) is 114 Å². The molecular weight excluding hydrogens is 512 g/mol. The molecule has 0 saturated heterocycles. The van der Waals surface area contributed by atoms with Gasteiger partial charge >= 0.3 is 0 Å². The molecule has 41 heavy (non-hydrogen) atoms. The van der Waals surface area contributed by atoms with Crippen molar-refractivity contribution < 1.29 is 9.21 Å². The minimum atomic E-state index is -0.271. The number of fused-ring (bicyclic) bond motifs is 3. The van der Waals surface area contributed by atoms with E-state index in [2.05, 4.69) is 38.7 Å². The van der Waals surface area contributed by atoms with Crippen molar-refractivity contribution in [3.8, 4) is 33.7 Å². The highest BCUT2D eigenvalue weighted by Crippen LogP contribution is 2.34. The van der Waals surface area contributed by atoms with E-state index in [1.165, 1.54) is 0 Å². The Bertz CT molecular complexity index is 2010. The molecular formula is C33H24N6O2. The first-order valence-corrected chi connectivity index (χ1v) is 13.2. The third-order valence-electron chi connectivity index (χ3n) is 7.10. The molecule has 1 amide bonds. The summed E-state index contributed by atoms with van der Waals surface area (Å²) in [6, 6.07) is 29.6. The zero-order valence-corrected chi connectivity index (χ0v) is 22.2. The number of carbonyl (C=O) groups is 1. The highest BCUT2D eigenvalue weighted by atomic mass is 16.3. The van der Waals surface area contributed by atoms with E-state index in [4.69, 9.17) is 9.40 Å². The van der Waals surface area contributed by atoms with Crippen LogP contribution >= 0.6 is 0 Å². The van der Waals surface area contributed by atoms with Crippen LogP contribution in [0.4, 0.5) is 0 Å². The van der Waals surface area contributed by atoms with Crippen LogP contribution in [0.5, 0.6) is 0 Å². The second-order valence-electron chi connectivity index (χ2n) is 9.72. The Balaban J connectivity index is 1.16. The highest BCUT2D eigenvalue weighted by Gasteiger charge is 2.16. The number of hydrogen-bond donors (Lipinski definition) is 1. The summed E-state index contributed by atoms with van der Waals surface area (Å²) in [5, 5.41) is 12.5. The van der Waals surface area contributed by atoms with Crippen LogP contribution < -0.4 is 5.32 Å². The van der Waals surface area contributed by atoms with Crippen molar-refractivity contribution in [3.05, 3.63) is 127 Å². The quantitative estimate of drug-likeness (QED) is 0.260. The molecule has 0 fully saturated rings. The number of furan rings is 1. The van der Waals surface area contributed by atoms with Gasteiger partial charge in [-0.3, -0.25) is 14.2 Å². The lowest BCUT2D eigenvalue weighted by Crippen LogP contribution is -2.22. The smallest absolute Gasteiger partial charge is 0.287 e. The number of amides is 1. The fourth-order valence-corrected chi connectivity index (χ4v) is 4.95. The Morgan fingerprint density at radius 2 is 1.66 bits per heavy atom. The van der Waals surface area contributed by atoms with Crippen LogP contribution in [-0.4, -0.2) is 30.5 Å². The Hall–Kier alpha value is -5.63. The van der Waals surface area contributed by atoms with E-state index in [9.17, 15) is 4.79 Å². The van der Waals surface area contributed by atoms with E-state index in [0.29, 0.717) is 12.3 Å². The zero-order valence-electron chi connectivity index (χ0n) is 22.2. The number of benzene rings is 2. The molecule has 0 saturated carbocycles. The number of rotatable bonds is 6. The van der Waals surface area contributed by atoms with E-state index in [-0.39, 0.29) is 11.7 Å². The first-order valence-electron chi connectivity index (χ1n) is 13.2. The van der Waals surface area contributed by atoms with Gasteiger partial charge in [-0.25, -0.2) is 4.98 Å². The molecule has 0 unspecified atom stereocenters. The predicted octanol–water partition coefficient (Wildman–Crippen LogP) is 6.50. The maximum atomic E-state index is 12.7. The monoisotopic (exact) mass is 536 g/mol. The lowest BCUT2D eigenvalue weighted by atomic mass is 9.97. The molecule has 8 nitrogen and oxygen atoms in total. The van der Waals surface area contributed by atoms with Crippen molar-refractivity contribution in [1.82, 2.24) is 29.9 Å². The van der Waals surface area contributed by atoms with E-state index in [1.54, 1.807) is 24.5 Å².